The van der Waals surface area contributed by atoms with Gasteiger partial charge in [0, 0.05) is 25.1 Å². The molecule has 2 aromatic rings. The first kappa shape index (κ1) is 23.6. The summed E-state index contributed by atoms with van der Waals surface area (Å²) in [7, 11) is 0.818. The minimum Gasteiger partial charge on any atom is -0.497 e. The third kappa shape index (κ3) is 5.38. The molecular formula is C22H27N3O6S. The third-order valence-corrected chi connectivity index (χ3v) is 7.19. The molecule has 1 amide bonds. The molecular weight excluding hydrogens is 434 g/mol. The van der Waals surface area contributed by atoms with Gasteiger partial charge in [-0.1, -0.05) is 12.1 Å². The Hall–Kier alpha value is -3.11. The number of piperidine rings is 1. The standard InChI is InChI=1S/C22H27N3O6S/c1-29-18-6-4-5-16(13-18)15-23-24-22(26)17-9-11-25(12-10-17)32(27,28)19-7-8-20(30-2)21(14-19)31-3/h4-8,13-15,17H,9-12H2,1-3H3,(H,24,26)/b23-15-. The minimum absolute atomic E-state index is 0.126. The van der Waals surface area contributed by atoms with Crippen LogP contribution in [0.1, 0.15) is 18.4 Å². The zero-order valence-corrected chi connectivity index (χ0v) is 19.1. The quantitative estimate of drug-likeness (QED) is 0.477. The number of hydrogen-bond acceptors (Lipinski definition) is 7. The molecule has 10 heteroatoms. The number of rotatable bonds is 8. The van der Waals surface area contributed by atoms with E-state index in [1.54, 1.807) is 19.2 Å². The monoisotopic (exact) mass is 461 g/mol. The highest BCUT2D eigenvalue weighted by atomic mass is 32.2. The summed E-state index contributed by atoms with van der Waals surface area (Å²) >= 11 is 0. The molecule has 1 saturated heterocycles. The molecule has 32 heavy (non-hydrogen) atoms. The van der Waals surface area contributed by atoms with Crippen LogP contribution in [-0.2, 0) is 14.8 Å². The van der Waals surface area contributed by atoms with Crippen molar-refractivity contribution in [2.45, 2.75) is 17.7 Å². The van der Waals surface area contributed by atoms with E-state index in [4.69, 9.17) is 14.2 Å². The molecule has 0 spiro atoms. The van der Waals surface area contributed by atoms with E-state index in [1.807, 2.05) is 18.2 Å². The van der Waals surface area contributed by atoms with Gasteiger partial charge < -0.3 is 14.2 Å². The summed E-state index contributed by atoms with van der Waals surface area (Å²) < 4.78 is 42.9. The Morgan fingerprint density at radius 3 is 2.41 bits per heavy atom. The van der Waals surface area contributed by atoms with Gasteiger partial charge in [0.1, 0.15) is 5.75 Å². The van der Waals surface area contributed by atoms with E-state index in [0.717, 1.165) is 5.56 Å². The van der Waals surface area contributed by atoms with Gasteiger partial charge in [-0.25, -0.2) is 13.8 Å². The van der Waals surface area contributed by atoms with Crippen molar-refractivity contribution in [2.75, 3.05) is 34.4 Å². The molecule has 0 unspecified atom stereocenters. The van der Waals surface area contributed by atoms with E-state index in [1.165, 1.54) is 36.9 Å². The first-order valence-corrected chi connectivity index (χ1v) is 11.5. The number of nitrogens with zero attached hydrogens (tertiary/aromatic N) is 2. The van der Waals surface area contributed by atoms with Gasteiger partial charge in [0.25, 0.3) is 0 Å². The summed E-state index contributed by atoms with van der Waals surface area (Å²) in [4.78, 5) is 12.6. The Morgan fingerprint density at radius 2 is 1.75 bits per heavy atom. The number of benzene rings is 2. The van der Waals surface area contributed by atoms with Crippen LogP contribution >= 0.6 is 0 Å². The molecule has 1 fully saturated rings. The normalized spacial score (nSPS) is 15.5. The average molecular weight is 462 g/mol. The van der Waals surface area contributed by atoms with E-state index in [0.29, 0.717) is 30.1 Å². The molecule has 1 heterocycles. The number of carbonyl (C=O) groups excluding carboxylic acids is 1. The predicted molar refractivity (Wildman–Crippen MR) is 120 cm³/mol. The summed E-state index contributed by atoms with van der Waals surface area (Å²) in [5.74, 6) is 0.957. The number of carbonyl (C=O) groups is 1. The minimum atomic E-state index is -3.70. The highest BCUT2D eigenvalue weighted by molar-refractivity contribution is 7.89. The van der Waals surface area contributed by atoms with Crippen LogP contribution in [0.5, 0.6) is 17.2 Å². The van der Waals surface area contributed by atoms with Gasteiger partial charge in [-0.15, -0.1) is 0 Å². The van der Waals surface area contributed by atoms with Gasteiger partial charge in [-0.3, -0.25) is 4.79 Å². The van der Waals surface area contributed by atoms with Crippen molar-refractivity contribution in [1.82, 2.24) is 9.73 Å². The topological polar surface area (TPSA) is 107 Å². The van der Waals surface area contributed by atoms with Gasteiger partial charge >= 0.3 is 0 Å². The van der Waals surface area contributed by atoms with Crippen LogP contribution < -0.4 is 19.6 Å². The predicted octanol–water partition coefficient (Wildman–Crippen LogP) is 2.26. The van der Waals surface area contributed by atoms with E-state index in [9.17, 15) is 13.2 Å². The molecule has 172 valence electrons. The van der Waals surface area contributed by atoms with Gasteiger partial charge in [0.2, 0.25) is 15.9 Å². The smallest absolute Gasteiger partial charge is 0.243 e. The zero-order valence-electron chi connectivity index (χ0n) is 18.3. The number of hydrogen-bond donors (Lipinski definition) is 1. The molecule has 9 nitrogen and oxygen atoms in total. The molecule has 0 saturated carbocycles. The van der Waals surface area contributed by atoms with Gasteiger partial charge in [-0.2, -0.15) is 9.41 Å². The Labute approximate surface area is 188 Å². The van der Waals surface area contributed by atoms with Crippen LogP contribution in [0, 0.1) is 5.92 Å². The maximum atomic E-state index is 13.0. The number of amides is 1. The van der Waals surface area contributed by atoms with Crippen LogP contribution in [0.25, 0.3) is 0 Å². The number of nitrogens with one attached hydrogen (secondary N) is 1. The highest BCUT2D eigenvalue weighted by Gasteiger charge is 2.32. The molecule has 3 rings (SSSR count). The number of ether oxygens (including phenoxy) is 3. The van der Waals surface area contributed by atoms with Crippen molar-refractivity contribution in [1.29, 1.82) is 0 Å². The Bertz CT molecular complexity index is 1080. The Morgan fingerprint density at radius 1 is 1.03 bits per heavy atom. The van der Waals surface area contributed by atoms with Crippen molar-refractivity contribution >= 4 is 22.1 Å². The molecule has 1 N–H and O–H groups in total. The fourth-order valence-electron chi connectivity index (χ4n) is 3.47. The summed E-state index contributed by atoms with van der Waals surface area (Å²) in [6.45, 7) is 0.489. The summed E-state index contributed by atoms with van der Waals surface area (Å²) in [5.41, 5.74) is 3.33. The lowest BCUT2D eigenvalue weighted by molar-refractivity contribution is -0.126. The first-order chi connectivity index (χ1) is 15.4. The molecule has 0 aliphatic carbocycles. The van der Waals surface area contributed by atoms with Crippen molar-refractivity contribution in [3.8, 4) is 17.2 Å². The van der Waals surface area contributed by atoms with Gasteiger partial charge in [0.15, 0.2) is 11.5 Å². The highest BCUT2D eigenvalue weighted by Crippen LogP contribution is 2.32. The molecule has 0 aromatic heterocycles. The molecule has 1 aliphatic rings. The molecule has 0 bridgehead atoms. The van der Waals surface area contributed by atoms with Gasteiger partial charge in [-0.05, 0) is 42.7 Å². The maximum absolute atomic E-state index is 13.0. The van der Waals surface area contributed by atoms with Crippen molar-refractivity contribution in [3.05, 3.63) is 48.0 Å². The van der Waals surface area contributed by atoms with Crippen molar-refractivity contribution < 1.29 is 27.4 Å². The maximum Gasteiger partial charge on any atom is 0.243 e. The van der Waals surface area contributed by atoms with Crippen LogP contribution in [0.3, 0.4) is 0 Å². The van der Waals surface area contributed by atoms with E-state index >= 15 is 0 Å². The van der Waals surface area contributed by atoms with Crippen molar-refractivity contribution in [2.24, 2.45) is 11.0 Å². The van der Waals surface area contributed by atoms with E-state index in [-0.39, 0.29) is 29.8 Å². The molecule has 0 radical (unpaired) electrons. The fraction of sp³-hybridized carbons (Fsp3) is 0.364. The lowest BCUT2D eigenvalue weighted by Crippen LogP contribution is -2.42. The number of sulfonamides is 1. The van der Waals surface area contributed by atoms with Crippen LogP contribution in [-0.4, -0.2) is 59.3 Å². The zero-order chi connectivity index (χ0) is 23.1. The summed E-state index contributed by atoms with van der Waals surface area (Å²) in [5, 5.41) is 4.01. The molecule has 1 aliphatic heterocycles. The van der Waals surface area contributed by atoms with Crippen molar-refractivity contribution in [3.63, 3.8) is 0 Å². The Balaban J connectivity index is 1.58. The fourth-order valence-corrected chi connectivity index (χ4v) is 4.95. The van der Waals surface area contributed by atoms with E-state index in [2.05, 4.69) is 10.5 Å². The molecule has 0 atom stereocenters. The lowest BCUT2D eigenvalue weighted by Gasteiger charge is -2.30. The second kappa shape index (κ2) is 10.5. The SMILES string of the molecule is COc1cccc(/C=N\NC(=O)C2CCN(S(=O)(=O)c3ccc(OC)c(OC)c3)CC2)c1. The summed E-state index contributed by atoms with van der Waals surface area (Å²) in [6.07, 6.45) is 2.36. The second-order valence-electron chi connectivity index (χ2n) is 7.21. The summed E-state index contributed by atoms with van der Waals surface area (Å²) in [6, 6.07) is 11.8. The largest absolute Gasteiger partial charge is 0.497 e. The first-order valence-electron chi connectivity index (χ1n) is 10.1. The van der Waals surface area contributed by atoms with Crippen LogP contribution in [0.4, 0.5) is 0 Å². The Kier molecular flexibility index (Phi) is 7.70. The average Bonchev–Trinajstić information content (AvgIpc) is 2.83. The van der Waals surface area contributed by atoms with Gasteiger partial charge in [0.05, 0.1) is 32.4 Å². The number of methoxy groups -OCH3 is 3. The second-order valence-corrected chi connectivity index (χ2v) is 9.14. The molecule has 2 aromatic carbocycles. The van der Waals surface area contributed by atoms with Crippen LogP contribution in [0.2, 0.25) is 0 Å². The van der Waals surface area contributed by atoms with Crippen LogP contribution in [0.15, 0.2) is 52.5 Å². The van der Waals surface area contributed by atoms with E-state index < -0.39 is 10.0 Å². The third-order valence-electron chi connectivity index (χ3n) is 5.30. The number of hydrazone groups is 1. The lowest BCUT2D eigenvalue weighted by atomic mass is 9.98.